The van der Waals surface area contributed by atoms with Gasteiger partial charge in [0.1, 0.15) is 21.9 Å². The van der Waals surface area contributed by atoms with E-state index in [1.54, 1.807) is 6.20 Å². The number of hydrogen-bond donors (Lipinski definition) is 0. The van der Waals surface area contributed by atoms with Crippen molar-refractivity contribution in [1.29, 1.82) is 0 Å². The van der Waals surface area contributed by atoms with Gasteiger partial charge in [0.15, 0.2) is 0 Å². The van der Waals surface area contributed by atoms with Crippen LogP contribution in [0.5, 0.6) is 11.5 Å². The van der Waals surface area contributed by atoms with Crippen molar-refractivity contribution in [3.63, 3.8) is 0 Å². The first-order valence-corrected chi connectivity index (χ1v) is 11.4. The first-order valence-electron chi connectivity index (χ1n) is 10.7. The topological polar surface area (TPSA) is 39.9 Å². The van der Waals surface area contributed by atoms with Gasteiger partial charge >= 0.3 is 0 Å². The zero-order valence-electron chi connectivity index (χ0n) is 18.3. The standard InChI is InChI=1S/C27H24BrN3O/c1-27(2,3)17-18-10-12-30-26(14-18)31-23-7-5-4-6-21(23)22-9-8-19(15-24(22)31)32-20-11-13-29-25(28)16-20/h4-16H,17H2,1-3H3. The fraction of sp³-hybridized carbons (Fsp3) is 0.185. The number of benzene rings is 2. The lowest BCUT2D eigenvalue weighted by Crippen LogP contribution is -2.10. The maximum atomic E-state index is 6.14. The predicted octanol–water partition coefficient (Wildman–Crippen LogP) is 7.72. The van der Waals surface area contributed by atoms with Gasteiger partial charge in [-0.1, -0.05) is 39.0 Å². The molecule has 0 aliphatic heterocycles. The summed E-state index contributed by atoms with van der Waals surface area (Å²) in [6, 6.07) is 22.7. The van der Waals surface area contributed by atoms with Crippen molar-refractivity contribution in [2.45, 2.75) is 27.2 Å². The molecular formula is C27H24BrN3O. The number of ether oxygens (including phenoxy) is 1. The van der Waals surface area contributed by atoms with Gasteiger partial charge in [0, 0.05) is 35.3 Å². The SMILES string of the molecule is CC(C)(C)Cc1ccnc(-n2c3ccccc3c3ccc(Oc4ccnc(Br)c4)cc32)c1. The molecular weight excluding hydrogens is 462 g/mol. The zero-order chi connectivity index (χ0) is 22.3. The van der Waals surface area contributed by atoms with Crippen LogP contribution >= 0.6 is 15.9 Å². The van der Waals surface area contributed by atoms with Gasteiger partial charge in [0.05, 0.1) is 11.0 Å². The first-order chi connectivity index (χ1) is 15.4. The molecule has 32 heavy (non-hydrogen) atoms. The molecule has 160 valence electrons. The summed E-state index contributed by atoms with van der Waals surface area (Å²) in [5.74, 6) is 2.42. The Bertz CT molecular complexity index is 1430. The summed E-state index contributed by atoms with van der Waals surface area (Å²) < 4.78 is 9.11. The Hall–Kier alpha value is -3.18. The number of aromatic nitrogens is 3. The molecule has 2 aromatic carbocycles. The molecule has 0 saturated carbocycles. The normalized spacial score (nSPS) is 11.9. The number of para-hydroxylation sites is 1. The van der Waals surface area contributed by atoms with Gasteiger partial charge in [-0.25, -0.2) is 9.97 Å². The third-order valence-corrected chi connectivity index (χ3v) is 5.79. The van der Waals surface area contributed by atoms with Crippen molar-refractivity contribution in [3.8, 4) is 17.3 Å². The summed E-state index contributed by atoms with van der Waals surface area (Å²) in [7, 11) is 0. The molecule has 0 atom stereocenters. The number of hydrogen-bond acceptors (Lipinski definition) is 3. The molecule has 5 heteroatoms. The Morgan fingerprint density at radius 2 is 1.56 bits per heavy atom. The fourth-order valence-corrected chi connectivity index (χ4v) is 4.49. The largest absolute Gasteiger partial charge is 0.457 e. The van der Waals surface area contributed by atoms with Crippen LogP contribution in [0.4, 0.5) is 0 Å². The Kier molecular flexibility index (Phi) is 5.22. The van der Waals surface area contributed by atoms with E-state index >= 15 is 0 Å². The van der Waals surface area contributed by atoms with Gasteiger partial charge in [-0.05, 0) is 69.7 Å². The van der Waals surface area contributed by atoms with E-state index in [1.165, 1.54) is 16.3 Å². The van der Waals surface area contributed by atoms with E-state index in [9.17, 15) is 0 Å². The van der Waals surface area contributed by atoms with Gasteiger partial charge in [-0.2, -0.15) is 0 Å². The second kappa shape index (κ2) is 8.06. The Labute approximate surface area is 196 Å². The minimum atomic E-state index is 0.208. The molecule has 0 N–H and O–H groups in total. The fourth-order valence-electron chi connectivity index (χ4n) is 4.15. The van der Waals surface area contributed by atoms with Crippen molar-refractivity contribution in [2.75, 3.05) is 0 Å². The minimum Gasteiger partial charge on any atom is -0.457 e. The van der Waals surface area contributed by atoms with Gasteiger partial charge in [-0.15, -0.1) is 0 Å². The summed E-state index contributed by atoms with van der Waals surface area (Å²) in [4.78, 5) is 8.92. The quantitative estimate of drug-likeness (QED) is 0.244. The van der Waals surface area contributed by atoms with Crippen LogP contribution in [-0.4, -0.2) is 14.5 Å². The number of nitrogens with zero attached hydrogens (tertiary/aromatic N) is 3. The summed E-state index contributed by atoms with van der Waals surface area (Å²) in [6.07, 6.45) is 4.62. The third kappa shape index (κ3) is 4.13. The van der Waals surface area contributed by atoms with Gasteiger partial charge < -0.3 is 4.74 Å². The lowest BCUT2D eigenvalue weighted by molar-refractivity contribution is 0.411. The molecule has 4 nitrogen and oxygen atoms in total. The monoisotopic (exact) mass is 485 g/mol. The summed E-state index contributed by atoms with van der Waals surface area (Å²) in [6.45, 7) is 6.78. The van der Waals surface area contributed by atoms with Crippen molar-refractivity contribution >= 4 is 37.7 Å². The highest BCUT2D eigenvalue weighted by Crippen LogP contribution is 2.35. The second-order valence-corrected chi connectivity index (χ2v) is 10.0. The van der Waals surface area contributed by atoms with E-state index < -0.39 is 0 Å². The van der Waals surface area contributed by atoms with Gasteiger partial charge in [0.25, 0.3) is 0 Å². The van der Waals surface area contributed by atoms with Crippen LogP contribution in [0, 0.1) is 5.41 Å². The van der Waals surface area contributed by atoms with Gasteiger partial charge in [0.2, 0.25) is 0 Å². The number of fused-ring (bicyclic) bond motifs is 3. The van der Waals surface area contributed by atoms with E-state index in [-0.39, 0.29) is 5.41 Å². The second-order valence-electron chi connectivity index (χ2n) is 9.21. The molecule has 0 aliphatic carbocycles. The molecule has 0 saturated heterocycles. The van der Waals surface area contributed by atoms with Crippen LogP contribution in [0.15, 0.2) is 83.7 Å². The van der Waals surface area contributed by atoms with E-state index in [0.29, 0.717) is 0 Å². The molecule has 0 amide bonds. The Morgan fingerprint density at radius 3 is 2.38 bits per heavy atom. The number of pyridine rings is 2. The van der Waals surface area contributed by atoms with E-state index in [0.717, 1.165) is 39.4 Å². The average Bonchev–Trinajstić information content (AvgIpc) is 3.06. The zero-order valence-corrected chi connectivity index (χ0v) is 19.9. The molecule has 0 bridgehead atoms. The predicted molar refractivity (Wildman–Crippen MR) is 134 cm³/mol. The van der Waals surface area contributed by atoms with Crippen LogP contribution < -0.4 is 4.74 Å². The minimum absolute atomic E-state index is 0.208. The molecule has 3 aromatic heterocycles. The summed E-state index contributed by atoms with van der Waals surface area (Å²) in [5.41, 5.74) is 3.69. The highest BCUT2D eigenvalue weighted by atomic mass is 79.9. The van der Waals surface area contributed by atoms with Crippen LogP contribution in [0.1, 0.15) is 26.3 Å². The molecule has 5 rings (SSSR count). The molecule has 5 aromatic rings. The van der Waals surface area contributed by atoms with Crippen molar-refractivity contribution in [2.24, 2.45) is 5.41 Å². The van der Waals surface area contributed by atoms with Crippen LogP contribution in [0.2, 0.25) is 0 Å². The highest BCUT2D eigenvalue weighted by molar-refractivity contribution is 9.10. The van der Waals surface area contributed by atoms with Crippen LogP contribution in [0.25, 0.3) is 27.6 Å². The van der Waals surface area contributed by atoms with Crippen molar-refractivity contribution in [3.05, 3.63) is 89.3 Å². The van der Waals surface area contributed by atoms with Gasteiger partial charge in [-0.3, -0.25) is 4.57 Å². The van der Waals surface area contributed by atoms with E-state index in [4.69, 9.17) is 9.72 Å². The lowest BCUT2D eigenvalue weighted by Gasteiger charge is -2.18. The smallest absolute Gasteiger partial charge is 0.137 e. The number of rotatable bonds is 4. The molecule has 0 unspecified atom stereocenters. The summed E-state index contributed by atoms with van der Waals surface area (Å²) in [5, 5.41) is 2.37. The number of halogens is 1. The Balaban J connectivity index is 1.67. The lowest BCUT2D eigenvalue weighted by atomic mass is 9.88. The first kappa shape index (κ1) is 20.7. The van der Waals surface area contributed by atoms with Crippen LogP contribution in [-0.2, 0) is 6.42 Å². The maximum absolute atomic E-state index is 6.14. The van der Waals surface area contributed by atoms with Crippen molar-refractivity contribution in [1.82, 2.24) is 14.5 Å². The highest BCUT2D eigenvalue weighted by Gasteiger charge is 2.16. The Morgan fingerprint density at radius 1 is 0.812 bits per heavy atom. The molecule has 0 spiro atoms. The van der Waals surface area contributed by atoms with Crippen LogP contribution in [0.3, 0.4) is 0 Å². The maximum Gasteiger partial charge on any atom is 0.137 e. The third-order valence-electron chi connectivity index (χ3n) is 5.35. The molecule has 0 aliphatic rings. The van der Waals surface area contributed by atoms with E-state index in [2.05, 4.69) is 94.8 Å². The average molecular weight is 486 g/mol. The van der Waals surface area contributed by atoms with Crippen molar-refractivity contribution < 1.29 is 4.74 Å². The molecule has 0 fully saturated rings. The molecule has 0 radical (unpaired) electrons. The summed E-state index contributed by atoms with van der Waals surface area (Å²) >= 11 is 3.40. The van der Waals surface area contributed by atoms with E-state index in [1.807, 2.05) is 24.4 Å². The molecule has 3 heterocycles.